The average Bonchev–Trinajstić information content (AvgIpc) is 3.58. The second kappa shape index (κ2) is 7.94. The van der Waals surface area contributed by atoms with Gasteiger partial charge in [-0.1, -0.05) is 30.3 Å². The molecule has 0 radical (unpaired) electrons. The van der Waals surface area contributed by atoms with Gasteiger partial charge in [0.15, 0.2) is 0 Å². The molecule has 0 N–H and O–H groups in total. The van der Waals surface area contributed by atoms with Crippen LogP contribution in [0.1, 0.15) is 37.7 Å². The SMILES string of the molecule is CC(=O)N1CCN(C(=O)[C@@H]2C[C@@H](c3ccccc3)CN(C(=O)C3CC3)C2)CC1. The number of nitrogens with zero attached hydrogens (tertiary/aromatic N) is 3. The van der Waals surface area contributed by atoms with Crippen LogP contribution in [-0.2, 0) is 14.4 Å². The standard InChI is InChI=1S/C22H29N3O3/c1-16(26)23-9-11-24(12-10-23)22(28)20-13-19(17-5-3-2-4-6-17)14-25(15-20)21(27)18-7-8-18/h2-6,18-20H,7-15H2,1H3/t19-,20-/m1/s1. The monoisotopic (exact) mass is 383 g/mol. The third-order valence-electron chi connectivity index (χ3n) is 6.35. The molecular formula is C22H29N3O3. The lowest BCUT2D eigenvalue weighted by Gasteiger charge is -2.41. The number of likely N-dealkylation sites (tertiary alicyclic amines) is 1. The van der Waals surface area contributed by atoms with Crippen molar-refractivity contribution in [3.63, 3.8) is 0 Å². The number of piperazine rings is 1. The summed E-state index contributed by atoms with van der Waals surface area (Å²) in [4.78, 5) is 43.2. The highest BCUT2D eigenvalue weighted by molar-refractivity contribution is 5.84. The molecule has 2 saturated heterocycles. The van der Waals surface area contributed by atoms with E-state index in [1.54, 1.807) is 11.8 Å². The molecule has 6 heteroatoms. The second-order valence-corrected chi connectivity index (χ2v) is 8.39. The summed E-state index contributed by atoms with van der Waals surface area (Å²) in [6.45, 7) is 5.18. The number of hydrogen-bond donors (Lipinski definition) is 0. The number of carbonyl (C=O) groups is 3. The van der Waals surface area contributed by atoms with Gasteiger partial charge in [0, 0.05) is 58.0 Å². The van der Waals surface area contributed by atoms with E-state index >= 15 is 0 Å². The van der Waals surface area contributed by atoms with Crippen LogP contribution in [0.4, 0.5) is 0 Å². The minimum absolute atomic E-state index is 0.0649. The summed E-state index contributed by atoms with van der Waals surface area (Å²) in [5.41, 5.74) is 1.20. The van der Waals surface area contributed by atoms with Gasteiger partial charge in [-0.3, -0.25) is 14.4 Å². The zero-order chi connectivity index (χ0) is 19.7. The zero-order valence-electron chi connectivity index (χ0n) is 16.5. The third kappa shape index (κ3) is 4.05. The van der Waals surface area contributed by atoms with Crippen LogP contribution in [0.5, 0.6) is 0 Å². The molecule has 1 aliphatic carbocycles. The van der Waals surface area contributed by atoms with Crippen LogP contribution >= 0.6 is 0 Å². The first-order chi connectivity index (χ1) is 13.5. The first-order valence-corrected chi connectivity index (χ1v) is 10.4. The van der Waals surface area contributed by atoms with Gasteiger partial charge in [0.1, 0.15) is 0 Å². The fourth-order valence-electron chi connectivity index (χ4n) is 4.51. The Labute approximate surface area is 166 Å². The Morgan fingerprint density at radius 1 is 0.786 bits per heavy atom. The molecule has 0 bridgehead atoms. The Balaban J connectivity index is 1.47. The molecule has 3 aliphatic rings. The number of hydrogen-bond acceptors (Lipinski definition) is 3. The Morgan fingerprint density at radius 2 is 1.39 bits per heavy atom. The molecule has 6 nitrogen and oxygen atoms in total. The van der Waals surface area contributed by atoms with E-state index in [4.69, 9.17) is 0 Å². The fourth-order valence-corrected chi connectivity index (χ4v) is 4.51. The fraction of sp³-hybridized carbons (Fsp3) is 0.591. The van der Waals surface area contributed by atoms with Gasteiger partial charge in [-0.15, -0.1) is 0 Å². The molecule has 2 atom stereocenters. The summed E-state index contributed by atoms with van der Waals surface area (Å²) in [7, 11) is 0. The summed E-state index contributed by atoms with van der Waals surface area (Å²) in [5, 5.41) is 0. The minimum Gasteiger partial charge on any atom is -0.341 e. The zero-order valence-corrected chi connectivity index (χ0v) is 16.5. The van der Waals surface area contributed by atoms with E-state index in [0.717, 1.165) is 19.3 Å². The van der Waals surface area contributed by atoms with E-state index in [1.165, 1.54) is 5.56 Å². The molecule has 1 saturated carbocycles. The van der Waals surface area contributed by atoms with E-state index < -0.39 is 0 Å². The van der Waals surface area contributed by atoms with Crippen molar-refractivity contribution in [3.8, 4) is 0 Å². The van der Waals surface area contributed by atoms with Crippen LogP contribution in [0.25, 0.3) is 0 Å². The number of carbonyl (C=O) groups excluding carboxylic acids is 3. The van der Waals surface area contributed by atoms with Gasteiger partial charge >= 0.3 is 0 Å². The maximum Gasteiger partial charge on any atom is 0.227 e. The molecule has 2 heterocycles. The number of rotatable bonds is 3. The normalized spacial score (nSPS) is 25.5. The van der Waals surface area contributed by atoms with Crippen LogP contribution < -0.4 is 0 Å². The van der Waals surface area contributed by atoms with Gasteiger partial charge in [0.05, 0.1) is 5.92 Å². The van der Waals surface area contributed by atoms with Crippen molar-refractivity contribution in [2.45, 2.75) is 32.1 Å². The average molecular weight is 383 g/mol. The number of benzene rings is 1. The van der Waals surface area contributed by atoms with E-state index in [9.17, 15) is 14.4 Å². The first-order valence-electron chi connectivity index (χ1n) is 10.4. The Hall–Kier alpha value is -2.37. The highest BCUT2D eigenvalue weighted by Gasteiger charge is 2.41. The van der Waals surface area contributed by atoms with E-state index in [2.05, 4.69) is 12.1 Å². The predicted molar refractivity (Wildman–Crippen MR) is 105 cm³/mol. The van der Waals surface area contributed by atoms with Crippen molar-refractivity contribution < 1.29 is 14.4 Å². The lowest BCUT2D eigenvalue weighted by molar-refractivity contribution is -0.145. The molecule has 28 heavy (non-hydrogen) atoms. The lowest BCUT2D eigenvalue weighted by atomic mass is 9.83. The maximum absolute atomic E-state index is 13.2. The van der Waals surface area contributed by atoms with Gasteiger partial charge < -0.3 is 14.7 Å². The second-order valence-electron chi connectivity index (χ2n) is 8.39. The molecular weight excluding hydrogens is 354 g/mol. The van der Waals surface area contributed by atoms with E-state index in [-0.39, 0.29) is 35.5 Å². The van der Waals surface area contributed by atoms with E-state index in [1.807, 2.05) is 28.0 Å². The largest absolute Gasteiger partial charge is 0.341 e. The molecule has 1 aromatic rings. The summed E-state index contributed by atoms with van der Waals surface area (Å²) in [5.74, 6) is 0.632. The van der Waals surface area contributed by atoms with Crippen LogP contribution in [0.3, 0.4) is 0 Å². The van der Waals surface area contributed by atoms with Gasteiger partial charge in [-0.2, -0.15) is 0 Å². The van der Waals surface area contributed by atoms with Gasteiger partial charge in [0.2, 0.25) is 17.7 Å². The quantitative estimate of drug-likeness (QED) is 0.799. The summed E-state index contributed by atoms with van der Waals surface area (Å²) < 4.78 is 0. The minimum atomic E-state index is -0.162. The smallest absolute Gasteiger partial charge is 0.227 e. The molecule has 3 fully saturated rings. The van der Waals surface area contributed by atoms with Crippen molar-refractivity contribution in [2.24, 2.45) is 11.8 Å². The highest BCUT2D eigenvalue weighted by Crippen LogP contribution is 2.36. The Kier molecular flexibility index (Phi) is 5.38. The molecule has 0 aromatic heterocycles. The number of amides is 3. The molecule has 0 unspecified atom stereocenters. The van der Waals surface area contributed by atoms with Crippen molar-refractivity contribution in [1.82, 2.24) is 14.7 Å². The summed E-state index contributed by atoms with van der Waals surface area (Å²) >= 11 is 0. The first kappa shape index (κ1) is 19.0. The van der Waals surface area contributed by atoms with Crippen molar-refractivity contribution >= 4 is 17.7 Å². The number of piperidine rings is 1. The van der Waals surface area contributed by atoms with Gasteiger partial charge in [0.25, 0.3) is 0 Å². The lowest BCUT2D eigenvalue weighted by Crippen LogP contribution is -2.54. The predicted octanol–water partition coefficient (Wildman–Crippen LogP) is 1.72. The summed E-state index contributed by atoms with van der Waals surface area (Å²) in [6.07, 6.45) is 2.75. The van der Waals surface area contributed by atoms with Crippen LogP contribution in [0.15, 0.2) is 30.3 Å². The van der Waals surface area contributed by atoms with Crippen LogP contribution in [-0.4, -0.2) is 71.7 Å². The molecule has 0 spiro atoms. The molecule has 3 amide bonds. The highest BCUT2D eigenvalue weighted by atomic mass is 16.2. The van der Waals surface area contributed by atoms with Crippen molar-refractivity contribution in [3.05, 3.63) is 35.9 Å². The summed E-state index contributed by atoms with van der Waals surface area (Å²) in [6, 6.07) is 10.2. The molecule has 2 aliphatic heterocycles. The van der Waals surface area contributed by atoms with Crippen LogP contribution in [0.2, 0.25) is 0 Å². The maximum atomic E-state index is 13.2. The van der Waals surface area contributed by atoms with Crippen LogP contribution in [0, 0.1) is 11.8 Å². The van der Waals surface area contributed by atoms with Crippen molar-refractivity contribution in [1.29, 1.82) is 0 Å². The van der Waals surface area contributed by atoms with Gasteiger partial charge in [-0.05, 0) is 24.8 Å². The Morgan fingerprint density at radius 3 is 2.00 bits per heavy atom. The van der Waals surface area contributed by atoms with E-state index in [0.29, 0.717) is 39.3 Å². The molecule has 4 rings (SSSR count). The molecule has 1 aromatic carbocycles. The Bertz CT molecular complexity index is 739. The third-order valence-corrected chi connectivity index (χ3v) is 6.35. The molecule has 150 valence electrons. The van der Waals surface area contributed by atoms with Crippen molar-refractivity contribution in [2.75, 3.05) is 39.3 Å². The van der Waals surface area contributed by atoms with Gasteiger partial charge in [-0.25, -0.2) is 0 Å². The topological polar surface area (TPSA) is 60.9 Å².